The van der Waals surface area contributed by atoms with Gasteiger partial charge in [-0.1, -0.05) is 0 Å². The van der Waals surface area contributed by atoms with E-state index < -0.39 is 5.82 Å². The van der Waals surface area contributed by atoms with Crippen molar-refractivity contribution >= 4 is 5.84 Å². The number of amidine groups is 1. The van der Waals surface area contributed by atoms with Crippen molar-refractivity contribution in [3.8, 4) is 11.6 Å². The Bertz CT molecular complexity index is 564. The van der Waals surface area contributed by atoms with E-state index in [2.05, 4.69) is 10.2 Å². The van der Waals surface area contributed by atoms with Gasteiger partial charge in [-0.2, -0.15) is 0 Å². The quantitative estimate of drug-likeness (QED) is 0.560. The molecule has 0 fully saturated rings. The number of benzene rings is 1. The first kappa shape index (κ1) is 11.1. The molecule has 88 valence electrons. The first-order valence-corrected chi connectivity index (χ1v) is 4.90. The van der Waals surface area contributed by atoms with E-state index in [9.17, 15) is 4.39 Å². The molecule has 0 amide bonds. The number of H-pyrrole nitrogens is 1. The van der Waals surface area contributed by atoms with Gasteiger partial charge in [0, 0.05) is 11.8 Å². The standard InChI is InChI=1S/C11H11FN4O/c1-6-4-10(16-15-6)17-9-3-2-7(12)5-8(9)11(13)14/h2-5H,1H3,(H3,13,14)(H,15,16). The maximum Gasteiger partial charge on any atom is 0.238 e. The lowest BCUT2D eigenvalue weighted by molar-refractivity contribution is 0.459. The highest BCUT2D eigenvalue weighted by Crippen LogP contribution is 2.24. The summed E-state index contributed by atoms with van der Waals surface area (Å²) in [4.78, 5) is 0. The number of halogens is 1. The molecule has 0 aliphatic carbocycles. The molecule has 0 bridgehead atoms. The third-order valence-electron chi connectivity index (χ3n) is 2.13. The minimum atomic E-state index is -0.472. The molecular formula is C11H11FN4O. The number of nitrogens with two attached hydrogens (primary N) is 1. The summed E-state index contributed by atoms with van der Waals surface area (Å²) in [6, 6.07) is 5.49. The van der Waals surface area contributed by atoms with Crippen LogP contribution in [-0.4, -0.2) is 16.0 Å². The molecule has 0 saturated heterocycles. The van der Waals surface area contributed by atoms with Crippen molar-refractivity contribution in [3.63, 3.8) is 0 Å². The fourth-order valence-electron chi connectivity index (χ4n) is 1.36. The molecule has 0 saturated carbocycles. The van der Waals surface area contributed by atoms with Crippen molar-refractivity contribution in [2.75, 3.05) is 0 Å². The zero-order chi connectivity index (χ0) is 12.4. The lowest BCUT2D eigenvalue weighted by Crippen LogP contribution is -2.12. The lowest BCUT2D eigenvalue weighted by Gasteiger charge is -2.07. The van der Waals surface area contributed by atoms with Gasteiger partial charge in [0.2, 0.25) is 5.88 Å². The number of nitrogen functional groups attached to an aromatic ring is 1. The number of aromatic amines is 1. The third kappa shape index (κ3) is 2.41. The van der Waals surface area contributed by atoms with Gasteiger partial charge in [0.05, 0.1) is 5.56 Å². The van der Waals surface area contributed by atoms with Crippen LogP contribution in [0.1, 0.15) is 11.3 Å². The van der Waals surface area contributed by atoms with E-state index in [0.29, 0.717) is 11.6 Å². The second-order valence-corrected chi connectivity index (χ2v) is 3.55. The Kier molecular flexibility index (Phi) is 2.78. The van der Waals surface area contributed by atoms with Gasteiger partial charge in [0.1, 0.15) is 17.4 Å². The van der Waals surface area contributed by atoms with Gasteiger partial charge in [-0.3, -0.25) is 10.5 Å². The highest BCUT2D eigenvalue weighted by molar-refractivity contribution is 5.97. The number of hydrogen-bond acceptors (Lipinski definition) is 3. The Morgan fingerprint density at radius 2 is 2.24 bits per heavy atom. The zero-order valence-electron chi connectivity index (χ0n) is 9.12. The van der Waals surface area contributed by atoms with E-state index in [1.54, 1.807) is 6.07 Å². The molecule has 0 atom stereocenters. The van der Waals surface area contributed by atoms with Crippen LogP contribution in [0, 0.1) is 18.2 Å². The number of aromatic nitrogens is 2. The fraction of sp³-hybridized carbons (Fsp3) is 0.0909. The third-order valence-corrected chi connectivity index (χ3v) is 2.13. The second kappa shape index (κ2) is 4.25. The highest BCUT2D eigenvalue weighted by Gasteiger charge is 2.10. The predicted molar refractivity (Wildman–Crippen MR) is 60.8 cm³/mol. The maximum atomic E-state index is 13.0. The molecule has 0 radical (unpaired) electrons. The van der Waals surface area contributed by atoms with Crippen LogP contribution in [0.4, 0.5) is 4.39 Å². The molecule has 2 rings (SSSR count). The van der Waals surface area contributed by atoms with Crippen LogP contribution in [-0.2, 0) is 0 Å². The number of nitrogens with zero attached hydrogens (tertiary/aromatic N) is 1. The number of hydrogen-bond donors (Lipinski definition) is 3. The van der Waals surface area contributed by atoms with Crippen LogP contribution in [0.15, 0.2) is 24.3 Å². The average Bonchev–Trinajstić information content (AvgIpc) is 2.66. The van der Waals surface area contributed by atoms with E-state index in [4.69, 9.17) is 15.9 Å². The first-order chi connectivity index (χ1) is 8.06. The molecule has 1 aromatic carbocycles. The Labute approximate surface area is 96.9 Å². The average molecular weight is 234 g/mol. The first-order valence-electron chi connectivity index (χ1n) is 4.90. The summed E-state index contributed by atoms with van der Waals surface area (Å²) in [5, 5.41) is 13.9. The van der Waals surface area contributed by atoms with Gasteiger partial charge in [-0.05, 0) is 25.1 Å². The maximum absolute atomic E-state index is 13.0. The summed E-state index contributed by atoms with van der Waals surface area (Å²) in [5.74, 6) is -0.0884. The van der Waals surface area contributed by atoms with Gasteiger partial charge >= 0.3 is 0 Å². The molecule has 0 aliphatic rings. The Morgan fingerprint density at radius 1 is 1.47 bits per heavy atom. The molecule has 17 heavy (non-hydrogen) atoms. The van der Waals surface area contributed by atoms with Gasteiger partial charge in [0.15, 0.2) is 0 Å². The summed E-state index contributed by atoms with van der Waals surface area (Å²) in [6.45, 7) is 1.83. The second-order valence-electron chi connectivity index (χ2n) is 3.55. The van der Waals surface area contributed by atoms with Crippen molar-refractivity contribution in [2.24, 2.45) is 5.73 Å². The molecule has 1 heterocycles. The number of rotatable bonds is 3. The fourth-order valence-corrected chi connectivity index (χ4v) is 1.36. The SMILES string of the molecule is Cc1cc(Oc2ccc(F)cc2C(=N)N)n[nH]1. The summed E-state index contributed by atoms with van der Waals surface area (Å²) in [7, 11) is 0. The predicted octanol–water partition coefficient (Wildman–Crippen LogP) is 1.93. The summed E-state index contributed by atoms with van der Waals surface area (Å²) in [6.07, 6.45) is 0. The molecule has 5 nitrogen and oxygen atoms in total. The topological polar surface area (TPSA) is 87.8 Å². The van der Waals surface area contributed by atoms with Crippen molar-refractivity contribution < 1.29 is 9.13 Å². The highest BCUT2D eigenvalue weighted by atomic mass is 19.1. The molecule has 0 aliphatic heterocycles. The minimum Gasteiger partial charge on any atom is -0.437 e. The van der Waals surface area contributed by atoms with Crippen molar-refractivity contribution in [1.29, 1.82) is 5.41 Å². The molecule has 0 spiro atoms. The number of aryl methyl sites for hydroxylation is 1. The number of nitrogens with one attached hydrogen (secondary N) is 2. The molecule has 6 heteroatoms. The minimum absolute atomic E-state index is 0.200. The van der Waals surface area contributed by atoms with Crippen LogP contribution < -0.4 is 10.5 Å². The van der Waals surface area contributed by atoms with Gasteiger partial charge < -0.3 is 10.5 Å². The van der Waals surface area contributed by atoms with E-state index >= 15 is 0 Å². The zero-order valence-corrected chi connectivity index (χ0v) is 9.12. The largest absolute Gasteiger partial charge is 0.437 e. The normalized spacial score (nSPS) is 10.2. The van der Waals surface area contributed by atoms with Crippen molar-refractivity contribution in [1.82, 2.24) is 10.2 Å². The van der Waals surface area contributed by atoms with Crippen LogP contribution in [0.5, 0.6) is 11.6 Å². The monoisotopic (exact) mass is 234 g/mol. The van der Waals surface area contributed by atoms with Crippen LogP contribution in [0.2, 0.25) is 0 Å². The van der Waals surface area contributed by atoms with E-state index in [1.807, 2.05) is 6.92 Å². The molecule has 4 N–H and O–H groups in total. The number of ether oxygens (including phenoxy) is 1. The van der Waals surface area contributed by atoms with Crippen LogP contribution in [0.3, 0.4) is 0 Å². The summed E-state index contributed by atoms with van der Waals surface area (Å²) < 4.78 is 18.4. The van der Waals surface area contributed by atoms with Crippen LogP contribution >= 0.6 is 0 Å². The van der Waals surface area contributed by atoms with E-state index in [0.717, 1.165) is 11.8 Å². The Hall–Kier alpha value is -2.37. The van der Waals surface area contributed by atoms with E-state index in [-0.39, 0.29) is 11.4 Å². The van der Waals surface area contributed by atoms with Gasteiger partial charge in [0.25, 0.3) is 0 Å². The summed E-state index contributed by atoms with van der Waals surface area (Å²) >= 11 is 0. The molecular weight excluding hydrogens is 223 g/mol. The van der Waals surface area contributed by atoms with Gasteiger partial charge in [-0.25, -0.2) is 4.39 Å². The van der Waals surface area contributed by atoms with E-state index in [1.165, 1.54) is 12.1 Å². The smallest absolute Gasteiger partial charge is 0.238 e. The molecule has 2 aromatic rings. The van der Waals surface area contributed by atoms with Crippen LogP contribution in [0.25, 0.3) is 0 Å². The lowest BCUT2D eigenvalue weighted by atomic mass is 10.2. The van der Waals surface area contributed by atoms with Gasteiger partial charge in [-0.15, -0.1) is 5.10 Å². The molecule has 1 aromatic heterocycles. The van der Waals surface area contributed by atoms with Crippen molar-refractivity contribution in [3.05, 3.63) is 41.3 Å². The Balaban J connectivity index is 2.35. The summed E-state index contributed by atoms with van der Waals surface area (Å²) in [5.41, 5.74) is 6.39. The molecule has 0 unspecified atom stereocenters. The Morgan fingerprint density at radius 3 is 2.82 bits per heavy atom. The van der Waals surface area contributed by atoms with Crippen molar-refractivity contribution in [2.45, 2.75) is 6.92 Å².